The maximum Gasteiger partial charge on any atom is 0.407 e. The number of esters is 1. The Labute approximate surface area is 96.5 Å². The first-order valence-corrected chi connectivity index (χ1v) is 5.68. The second kappa shape index (κ2) is 10.3. The van der Waals surface area contributed by atoms with Crippen molar-refractivity contribution >= 4 is 12.1 Å². The van der Waals surface area contributed by atoms with Crippen LogP contribution in [0.5, 0.6) is 0 Å². The van der Waals surface area contributed by atoms with Gasteiger partial charge in [0.05, 0.1) is 13.7 Å². The standard InChI is InChI=1S/C11H21NO4/c1-3-4-5-6-7-8-16-10(13)9-12-11(14)15-2/h3-9H2,1-2H3,(H,12,14). The highest BCUT2D eigenvalue weighted by Gasteiger charge is 2.05. The van der Waals surface area contributed by atoms with Crippen LogP contribution in [0.3, 0.4) is 0 Å². The molecule has 0 aliphatic carbocycles. The first kappa shape index (κ1) is 14.7. The minimum Gasteiger partial charge on any atom is -0.464 e. The normalized spacial score (nSPS) is 9.62. The van der Waals surface area contributed by atoms with E-state index in [4.69, 9.17) is 4.74 Å². The van der Waals surface area contributed by atoms with Crippen LogP contribution < -0.4 is 5.32 Å². The molecule has 94 valence electrons. The summed E-state index contributed by atoms with van der Waals surface area (Å²) in [5.41, 5.74) is 0. The van der Waals surface area contributed by atoms with Gasteiger partial charge in [-0.25, -0.2) is 4.79 Å². The zero-order valence-electron chi connectivity index (χ0n) is 10.1. The third kappa shape index (κ3) is 9.30. The average Bonchev–Trinajstić information content (AvgIpc) is 2.30. The number of nitrogens with one attached hydrogen (secondary N) is 1. The van der Waals surface area contributed by atoms with Gasteiger partial charge in [-0.1, -0.05) is 32.6 Å². The minimum absolute atomic E-state index is 0.137. The number of ether oxygens (including phenoxy) is 2. The lowest BCUT2D eigenvalue weighted by atomic mass is 10.2. The van der Waals surface area contributed by atoms with Crippen LogP contribution in [0.1, 0.15) is 39.0 Å². The predicted octanol–water partition coefficient (Wildman–Crippen LogP) is 1.86. The zero-order chi connectivity index (χ0) is 12.2. The topological polar surface area (TPSA) is 64.6 Å². The Hall–Kier alpha value is -1.26. The number of methoxy groups -OCH3 is 1. The third-order valence-corrected chi connectivity index (χ3v) is 2.07. The molecule has 0 unspecified atom stereocenters. The molecular weight excluding hydrogens is 210 g/mol. The summed E-state index contributed by atoms with van der Waals surface area (Å²) in [5, 5.41) is 2.26. The van der Waals surface area contributed by atoms with Crippen molar-refractivity contribution in [1.29, 1.82) is 0 Å². The minimum atomic E-state index is -0.625. The van der Waals surface area contributed by atoms with E-state index in [1.165, 1.54) is 26.4 Å². The summed E-state index contributed by atoms with van der Waals surface area (Å²) in [6.45, 7) is 2.44. The predicted molar refractivity (Wildman–Crippen MR) is 60.1 cm³/mol. The molecule has 0 saturated carbocycles. The molecule has 0 rings (SSSR count). The molecule has 0 fully saturated rings. The Morgan fingerprint density at radius 1 is 1.12 bits per heavy atom. The molecule has 0 heterocycles. The maximum atomic E-state index is 11.1. The lowest BCUT2D eigenvalue weighted by Crippen LogP contribution is -2.30. The molecule has 1 N–H and O–H groups in total. The molecule has 5 heteroatoms. The van der Waals surface area contributed by atoms with Crippen LogP contribution in [0.25, 0.3) is 0 Å². The van der Waals surface area contributed by atoms with Crippen molar-refractivity contribution in [2.45, 2.75) is 39.0 Å². The number of hydrogen-bond donors (Lipinski definition) is 1. The molecule has 0 radical (unpaired) electrons. The molecule has 0 aliphatic heterocycles. The lowest BCUT2D eigenvalue weighted by molar-refractivity contribution is -0.142. The van der Waals surface area contributed by atoms with Gasteiger partial charge >= 0.3 is 12.1 Å². The maximum absolute atomic E-state index is 11.1. The molecule has 0 atom stereocenters. The van der Waals surface area contributed by atoms with E-state index < -0.39 is 12.1 Å². The molecule has 0 spiro atoms. The Bertz CT molecular complexity index is 206. The molecule has 0 aromatic rings. The van der Waals surface area contributed by atoms with Crippen LogP contribution in [0, 0.1) is 0 Å². The molecule has 0 saturated heterocycles. The van der Waals surface area contributed by atoms with Gasteiger partial charge in [0, 0.05) is 0 Å². The molecule has 0 aliphatic rings. The second-order valence-electron chi connectivity index (χ2n) is 3.48. The number of carbonyl (C=O) groups is 2. The van der Waals surface area contributed by atoms with Gasteiger partial charge < -0.3 is 14.8 Å². The van der Waals surface area contributed by atoms with Crippen LogP contribution in [0.2, 0.25) is 0 Å². The number of amides is 1. The van der Waals surface area contributed by atoms with Gasteiger partial charge in [0.1, 0.15) is 6.54 Å². The molecule has 16 heavy (non-hydrogen) atoms. The Morgan fingerprint density at radius 3 is 2.44 bits per heavy atom. The van der Waals surface area contributed by atoms with Gasteiger partial charge in [-0.3, -0.25) is 4.79 Å². The fourth-order valence-corrected chi connectivity index (χ4v) is 1.16. The van der Waals surface area contributed by atoms with Crippen molar-refractivity contribution in [2.75, 3.05) is 20.3 Å². The van der Waals surface area contributed by atoms with Gasteiger partial charge in [-0.2, -0.15) is 0 Å². The van der Waals surface area contributed by atoms with E-state index in [-0.39, 0.29) is 6.54 Å². The van der Waals surface area contributed by atoms with E-state index in [1.807, 2.05) is 0 Å². The van der Waals surface area contributed by atoms with Crippen molar-refractivity contribution in [3.8, 4) is 0 Å². The first-order valence-electron chi connectivity index (χ1n) is 5.68. The summed E-state index contributed by atoms with van der Waals surface area (Å²) in [4.78, 5) is 21.7. The molecule has 1 amide bonds. The summed E-state index contributed by atoms with van der Waals surface area (Å²) in [5.74, 6) is -0.430. The summed E-state index contributed by atoms with van der Waals surface area (Å²) in [6, 6.07) is 0. The number of unbranched alkanes of at least 4 members (excludes halogenated alkanes) is 4. The Balaban J connectivity index is 3.27. The quantitative estimate of drug-likeness (QED) is 0.511. The largest absolute Gasteiger partial charge is 0.464 e. The summed E-state index contributed by atoms with van der Waals surface area (Å²) < 4.78 is 9.22. The van der Waals surface area contributed by atoms with E-state index in [1.54, 1.807) is 0 Å². The number of alkyl carbamates (subject to hydrolysis) is 1. The van der Waals surface area contributed by atoms with Crippen molar-refractivity contribution in [1.82, 2.24) is 5.32 Å². The van der Waals surface area contributed by atoms with E-state index in [0.717, 1.165) is 12.8 Å². The van der Waals surface area contributed by atoms with Crippen LogP contribution >= 0.6 is 0 Å². The van der Waals surface area contributed by atoms with Gasteiger partial charge in [0.15, 0.2) is 0 Å². The van der Waals surface area contributed by atoms with Crippen LogP contribution in [-0.4, -0.2) is 32.3 Å². The number of carbonyl (C=O) groups excluding carboxylic acids is 2. The van der Waals surface area contributed by atoms with Crippen molar-refractivity contribution in [3.63, 3.8) is 0 Å². The zero-order valence-corrected chi connectivity index (χ0v) is 10.1. The van der Waals surface area contributed by atoms with Gasteiger partial charge in [-0.15, -0.1) is 0 Å². The fourth-order valence-electron chi connectivity index (χ4n) is 1.16. The van der Waals surface area contributed by atoms with Crippen molar-refractivity contribution in [2.24, 2.45) is 0 Å². The highest BCUT2D eigenvalue weighted by Crippen LogP contribution is 2.02. The van der Waals surface area contributed by atoms with Crippen molar-refractivity contribution in [3.05, 3.63) is 0 Å². The highest BCUT2D eigenvalue weighted by molar-refractivity contribution is 5.77. The summed E-state index contributed by atoms with van der Waals surface area (Å²) in [7, 11) is 1.24. The second-order valence-corrected chi connectivity index (χ2v) is 3.48. The summed E-state index contributed by atoms with van der Waals surface area (Å²) >= 11 is 0. The van der Waals surface area contributed by atoms with E-state index in [0.29, 0.717) is 6.61 Å². The Kier molecular flexibility index (Phi) is 9.46. The van der Waals surface area contributed by atoms with Gasteiger partial charge in [0.25, 0.3) is 0 Å². The SMILES string of the molecule is CCCCCCCOC(=O)CNC(=O)OC. The van der Waals surface area contributed by atoms with E-state index >= 15 is 0 Å². The van der Waals surface area contributed by atoms with Crippen LogP contribution in [0.4, 0.5) is 4.79 Å². The van der Waals surface area contributed by atoms with Gasteiger partial charge in [-0.05, 0) is 6.42 Å². The Morgan fingerprint density at radius 2 is 1.81 bits per heavy atom. The van der Waals surface area contributed by atoms with Crippen LogP contribution in [-0.2, 0) is 14.3 Å². The average molecular weight is 231 g/mol. The van der Waals surface area contributed by atoms with Crippen molar-refractivity contribution < 1.29 is 19.1 Å². The summed E-state index contributed by atoms with van der Waals surface area (Å²) in [6.07, 6.45) is 4.92. The highest BCUT2D eigenvalue weighted by atomic mass is 16.5. The smallest absolute Gasteiger partial charge is 0.407 e. The molecule has 0 bridgehead atoms. The molecular formula is C11H21NO4. The van der Waals surface area contributed by atoms with E-state index in [9.17, 15) is 9.59 Å². The molecule has 0 aromatic carbocycles. The van der Waals surface area contributed by atoms with Gasteiger partial charge in [0.2, 0.25) is 0 Å². The third-order valence-electron chi connectivity index (χ3n) is 2.07. The lowest BCUT2D eigenvalue weighted by Gasteiger charge is -2.05. The molecule has 5 nitrogen and oxygen atoms in total. The number of rotatable bonds is 8. The first-order chi connectivity index (χ1) is 7.70. The molecule has 0 aromatic heterocycles. The van der Waals surface area contributed by atoms with Crippen LogP contribution in [0.15, 0.2) is 0 Å². The van der Waals surface area contributed by atoms with E-state index in [2.05, 4.69) is 17.0 Å². The monoisotopic (exact) mass is 231 g/mol. The number of hydrogen-bond acceptors (Lipinski definition) is 4. The fraction of sp³-hybridized carbons (Fsp3) is 0.818.